The second-order valence-electron chi connectivity index (χ2n) is 6.01. The number of para-hydroxylation sites is 1. The first-order valence-corrected chi connectivity index (χ1v) is 9.73. The number of hydrogen-bond acceptors (Lipinski definition) is 4. The highest BCUT2D eigenvalue weighted by Crippen LogP contribution is 2.20. The number of nitrogens with one attached hydrogen (secondary N) is 1. The molecule has 1 fully saturated rings. The number of carbonyl (C=O) groups is 1. The summed E-state index contributed by atoms with van der Waals surface area (Å²) < 4.78 is 30.7. The van der Waals surface area contributed by atoms with Crippen LogP contribution in [0.2, 0.25) is 0 Å². The summed E-state index contributed by atoms with van der Waals surface area (Å²) >= 11 is 0. The van der Waals surface area contributed by atoms with Gasteiger partial charge in [0.25, 0.3) is 0 Å². The zero-order valence-electron chi connectivity index (χ0n) is 13.4. The Hall–Kier alpha value is -2.12. The van der Waals surface area contributed by atoms with E-state index in [2.05, 4.69) is 4.72 Å². The van der Waals surface area contributed by atoms with E-state index in [1.165, 1.54) is 6.08 Å². The van der Waals surface area contributed by atoms with E-state index in [9.17, 15) is 13.2 Å². The molecule has 0 unspecified atom stereocenters. The van der Waals surface area contributed by atoms with Crippen LogP contribution in [-0.4, -0.2) is 44.6 Å². The van der Waals surface area contributed by atoms with Gasteiger partial charge in [0.15, 0.2) is 0 Å². The van der Waals surface area contributed by atoms with Crippen LogP contribution in [0.5, 0.6) is 0 Å². The highest BCUT2D eigenvalue weighted by molar-refractivity contribution is 7.88. The molecule has 1 aliphatic rings. The van der Waals surface area contributed by atoms with E-state index in [1.807, 2.05) is 30.3 Å². The number of furan rings is 1. The Balaban J connectivity index is 1.57. The van der Waals surface area contributed by atoms with Crippen LogP contribution in [0.1, 0.15) is 18.6 Å². The van der Waals surface area contributed by atoms with E-state index < -0.39 is 10.0 Å². The number of hydrogen-bond donors (Lipinski definition) is 1. The first kappa shape index (κ1) is 16.7. The third kappa shape index (κ3) is 4.24. The van der Waals surface area contributed by atoms with Crippen molar-refractivity contribution in [3.63, 3.8) is 0 Å². The van der Waals surface area contributed by atoms with Crippen LogP contribution in [0, 0.1) is 0 Å². The fraction of sp³-hybridized carbons (Fsp3) is 0.353. The SMILES string of the molecule is CS(=O)(=O)NC1CCN(C(=O)C=Cc2cc3ccccc3o2)CC1. The maximum atomic E-state index is 12.2. The van der Waals surface area contributed by atoms with Crippen LogP contribution >= 0.6 is 0 Å². The number of rotatable bonds is 4. The summed E-state index contributed by atoms with van der Waals surface area (Å²) in [7, 11) is -3.20. The summed E-state index contributed by atoms with van der Waals surface area (Å²) in [5.41, 5.74) is 0.789. The van der Waals surface area contributed by atoms with E-state index in [-0.39, 0.29) is 11.9 Å². The lowest BCUT2D eigenvalue weighted by Crippen LogP contribution is -2.45. The van der Waals surface area contributed by atoms with Crippen molar-refractivity contribution in [3.8, 4) is 0 Å². The second-order valence-corrected chi connectivity index (χ2v) is 7.79. The Bertz CT molecular complexity index is 829. The molecule has 1 aromatic heterocycles. The van der Waals surface area contributed by atoms with Gasteiger partial charge in [-0.05, 0) is 31.1 Å². The van der Waals surface area contributed by atoms with E-state index in [4.69, 9.17) is 4.42 Å². The fourth-order valence-corrected chi connectivity index (χ4v) is 3.71. The average Bonchev–Trinajstić information content (AvgIpc) is 2.94. The third-order valence-corrected chi connectivity index (χ3v) is 4.78. The van der Waals surface area contributed by atoms with Crippen LogP contribution in [-0.2, 0) is 14.8 Å². The number of amides is 1. The maximum Gasteiger partial charge on any atom is 0.246 e. The molecular weight excluding hydrogens is 328 g/mol. The van der Waals surface area contributed by atoms with E-state index in [0.717, 1.165) is 17.2 Å². The van der Waals surface area contributed by atoms with Gasteiger partial charge in [-0.3, -0.25) is 4.79 Å². The molecule has 1 aliphatic heterocycles. The van der Waals surface area contributed by atoms with Gasteiger partial charge in [0.05, 0.1) is 6.26 Å². The zero-order valence-corrected chi connectivity index (χ0v) is 14.3. The summed E-state index contributed by atoms with van der Waals surface area (Å²) in [5.74, 6) is 0.548. The first-order chi connectivity index (χ1) is 11.4. The Morgan fingerprint density at radius 3 is 2.67 bits per heavy atom. The quantitative estimate of drug-likeness (QED) is 0.857. The van der Waals surface area contributed by atoms with Crippen LogP contribution in [0.15, 0.2) is 40.8 Å². The molecule has 7 heteroatoms. The minimum Gasteiger partial charge on any atom is -0.457 e. The lowest BCUT2D eigenvalue weighted by Gasteiger charge is -2.31. The summed E-state index contributed by atoms with van der Waals surface area (Å²) in [6, 6.07) is 9.47. The van der Waals surface area contributed by atoms with Gasteiger partial charge in [0.1, 0.15) is 11.3 Å². The van der Waals surface area contributed by atoms with Crippen molar-refractivity contribution >= 4 is 33.0 Å². The van der Waals surface area contributed by atoms with E-state index in [1.54, 1.807) is 11.0 Å². The largest absolute Gasteiger partial charge is 0.457 e. The summed E-state index contributed by atoms with van der Waals surface area (Å²) in [5, 5.41) is 0.997. The molecule has 0 bridgehead atoms. The summed E-state index contributed by atoms with van der Waals surface area (Å²) in [4.78, 5) is 14.0. The molecule has 1 N–H and O–H groups in total. The van der Waals surface area contributed by atoms with Crippen molar-refractivity contribution in [1.82, 2.24) is 9.62 Å². The van der Waals surface area contributed by atoms with Crippen LogP contribution in [0.4, 0.5) is 0 Å². The van der Waals surface area contributed by atoms with Crippen molar-refractivity contribution in [2.75, 3.05) is 19.3 Å². The molecule has 6 nitrogen and oxygen atoms in total. The molecule has 1 amide bonds. The molecule has 3 rings (SSSR count). The molecule has 1 aromatic carbocycles. The Labute approximate surface area is 141 Å². The molecule has 0 aliphatic carbocycles. The summed E-state index contributed by atoms with van der Waals surface area (Å²) in [6.45, 7) is 1.08. The number of benzene rings is 1. The smallest absolute Gasteiger partial charge is 0.246 e. The van der Waals surface area contributed by atoms with Crippen LogP contribution < -0.4 is 4.72 Å². The third-order valence-electron chi connectivity index (χ3n) is 4.02. The van der Waals surface area contributed by atoms with Crippen molar-refractivity contribution in [1.29, 1.82) is 0 Å². The Morgan fingerprint density at radius 1 is 1.29 bits per heavy atom. The highest BCUT2D eigenvalue weighted by atomic mass is 32.2. The van der Waals surface area contributed by atoms with Crippen molar-refractivity contribution in [2.45, 2.75) is 18.9 Å². The molecule has 24 heavy (non-hydrogen) atoms. The van der Waals surface area contributed by atoms with Gasteiger partial charge < -0.3 is 9.32 Å². The normalized spacial score (nSPS) is 17.0. The molecule has 128 valence electrons. The van der Waals surface area contributed by atoms with Gasteiger partial charge in [-0.1, -0.05) is 18.2 Å². The van der Waals surface area contributed by atoms with Crippen LogP contribution in [0.3, 0.4) is 0 Å². The van der Waals surface area contributed by atoms with Gasteiger partial charge in [-0.25, -0.2) is 13.1 Å². The Morgan fingerprint density at radius 2 is 2.00 bits per heavy atom. The van der Waals surface area contributed by atoms with Gasteiger partial charge >= 0.3 is 0 Å². The molecule has 0 saturated carbocycles. The summed E-state index contributed by atoms with van der Waals surface area (Å²) in [6.07, 6.45) is 5.57. The predicted molar refractivity (Wildman–Crippen MR) is 92.8 cm³/mol. The van der Waals surface area contributed by atoms with E-state index in [0.29, 0.717) is 31.7 Å². The number of sulfonamides is 1. The monoisotopic (exact) mass is 348 g/mol. The number of carbonyl (C=O) groups excluding carboxylic acids is 1. The zero-order chi connectivity index (χ0) is 17.2. The second kappa shape index (κ2) is 6.78. The average molecular weight is 348 g/mol. The predicted octanol–water partition coefficient (Wildman–Crippen LogP) is 1.99. The molecule has 0 atom stereocenters. The number of likely N-dealkylation sites (tertiary alicyclic amines) is 1. The number of nitrogens with zero attached hydrogens (tertiary/aromatic N) is 1. The van der Waals surface area contributed by atoms with Crippen molar-refractivity contribution in [3.05, 3.63) is 42.2 Å². The molecule has 2 aromatic rings. The molecule has 0 spiro atoms. The van der Waals surface area contributed by atoms with Gasteiger partial charge in [0, 0.05) is 30.6 Å². The van der Waals surface area contributed by atoms with Crippen molar-refractivity contribution in [2.24, 2.45) is 0 Å². The minimum absolute atomic E-state index is 0.0896. The molecular formula is C17H20N2O4S. The number of fused-ring (bicyclic) bond motifs is 1. The highest BCUT2D eigenvalue weighted by Gasteiger charge is 2.23. The van der Waals surface area contributed by atoms with E-state index >= 15 is 0 Å². The standard InChI is InChI=1S/C17H20N2O4S/c1-24(21,22)18-14-8-10-19(11-9-14)17(20)7-6-15-12-13-4-2-3-5-16(13)23-15/h2-7,12,14,18H,8-11H2,1H3. The van der Waals surface area contributed by atoms with Crippen molar-refractivity contribution < 1.29 is 17.6 Å². The number of piperidine rings is 1. The Kier molecular flexibility index (Phi) is 4.73. The molecule has 0 radical (unpaired) electrons. The van der Waals surface area contributed by atoms with Gasteiger partial charge in [-0.15, -0.1) is 0 Å². The fourth-order valence-electron chi connectivity index (χ4n) is 2.86. The lowest BCUT2D eigenvalue weighted by atomic mass is 10.1. The first-order valence-electron chi connectivity index (χ1n) is 7.83. The van der Waals surface area contributed by atoms with Gasteiger partial charge in [0.2, 0.25) is 15.9 Å². The minimum atomic E-state index is -3.20. The topological polar surface area (TPSA) is 79.6 Å². The van der Waals surface area contributed by atoms with Gasteiger partial charge in [-0.2, -0.15) is 0 Å². The molecule has 1 saturated heterocycles. The molecule has 2 heterocycles. The lowest BCUT2D eigenvalue weighted by molar-refractivity contribution is -0.126. The maximum absolute atomic E-state index is 12.2. The van der Waals surface area contributed by atoms with Crippen LogP contribution in [0.25, 0.3) is 17.0 Å².